The van der Waals surface area contributed by atoms with Gasteiger partial charge in [0.15, 0.2) is 0 Å². The van der Waals surface area contributed by atoms with Crippen LogP contribution in [0.5, 0.6) is 0 Å². The molecule has 0 radical (unpaired) electrons. The van der Waals surface area contributed by atoms with Crippen LogP contribution in [0.1, 0.15) is 23.1 Å². The Morgan fingerprint density at radius 3 is 2.53 bits per heavy atom. The minimum Gasteiger partial charge on any atom is -0.338 e. The molecule has 166 valence electrons. The zero-order valence-electron chi connectivity index (χ0n) is 18.0. The molecule has 4 rings (SSSR count). The number of rotatable bonds is 7. The highest BCUT2D eigenvalue weighted by atomic mass is 32.2. The molecule has 8 heteroatoms. The van der Waals surface area contributed by atoms with E-state index in [2.05, 4.69) is 17.2 Å². The Bertz CT molecular complexity index is 1200. The fraction of sp³-hybridized carbons (Fsp3) is 0.250. The third-order valence-electron chi connectivity index (χ3n) is 5.37. The number of sulfonamides is 1. The van der Waals surface area contributed by atoms with E-state index in [4.69, 9.17) is 0 Å². The summed E-state index contributed by atoms with van der Waals surface area (Å²) in [6, 6.07) is 17.3. The van der Waals surface area contributed by atoms with Gasteiger partial charge in [-0.25, -0.2) is 8.42 Å². The van der Waals surface area contributed by atoms with E-state index in [-0.39, 0.29) is 11.7 Å². The van der Waals surface area contributed by atoms with E-state index in [1.165, 1.54) is 15.9 Å². The summed E-state index contributed by atoms with van der Waals surface area (Å²) in [6.45, 7) is 1.67. The average molecular weight is 451 g/mol. The summed E-state index contributed by atoms with van der Waals surface area (Å²) in [5.74, 6) is 0.0766. The Hall–Kier alpha value is -3.39. The van der Waals surface area contributed by atoms with Crippen LogP contribution in [-0.4, -0.2) is 48.4 Å². The SMILES string of the molecule is CN(Cc1cnn(Cc2ccccc2)c1)C(=O)/C=C/c1ccc(N2CCCS2(=O)=O)cc1. The van der Waals surface area contributed by atoms with E-state index in [1.54, 1.807) is 36.4 Å². The molecule has 0 saturated carbocycles. The Balaban J connectivity index is 1.32. The lowest BCUT2D eigenvalue weighted by atomic mass is 10.2. The molecule has 32 heavy (non-hydrogen) atoms. The van der Waals surface area contributed by atoms with Crippen molar-refractivity contribution in [3.8, 4) is 0 Å². The number of aromatic nitrogens is 2. The molecule has 0 unspecified atom stereocenters. The molecule has 1 aliphatic heterocycles. The molecule has 0 aliphatic carbocycles. The van der Waals surface area contributed by atoms with E-state index in [1.807, 2.05) is 41.2 Å². The summed E-state index contributed by atoms with van der Waals surface area (Å²) >= 11 is 0. The van der Waals surface area contributed by atoms with Crippen LogP contribution in [0.4, 0.5) is 5.69 Å². The molecule has 1 aliphatic rings. The van der Waals surface area contributed by atoms with Crippen molar-refractivity contribution in [3.63, 3.8) is 0 Å². The van der Waals surface area contributed by atoms with Gasteiger partial charge in [0.25, 0.3) is 0 Å². The van der Waals surface area contributed by atoms with Gasteiger partial charge >= 0.3 is 0 Å². The smallest absolute Gasteiger partial charge is 0.246 e. The minimum atomic E-state index is -3.19. The van der Waals surface area contributed by atoms with Crippen LogP contribution in [0.25, 0.3) is 6.08 Å². The second kappa shape index (κ2) is 9.40. The predicted octanol–water partition coefficient (Wildman–Crippen LogP) is 3.14. The fourth-order valence-corrected chi connectivity index (χ4v) is 5.24. The van der Waals surface area contributed by atoms with Crippen LogP contribution in [0.3, 0.4) is 0 Å². The number of hydrogen-bond donors (Lipinski definition) is 0. The minimum absolute atomic E-state index is 0.119. The largest absolute Gasteiger partial charge is 0.338 e. The Morgan fingerprint density at radius 1 is 1.09 bits per heavy atom. The maximum Gasteiger partial charge on any atom is 0.246 e. The van der Waals surface area contributed by atoms with Gasteiger partial charge in [0, 0.05) is 38.0 Å². The normalized spacial score (nSPS) is 15.3. The van der Waals surface area contributed by atoms with E-state index in [0.717, 1.165) is 11.1 Å². The molecule has 0 bridgehead atoms. The van der Waals surface area contributed by atoms with Crippen LogP contribution in [0, 0.1) is 0 Å². The summed E-state index contributed by atoms with van der Waals surface area (Å²) in [5, 5.41) is 4.38. The number of benzene rings is 2. The van der Waals surface area contributed by atoms with Crippen molar-refractivity contribution in [3.05, 3.63) is 89.8 Å². The number of carbonyl (C=O) groups excluding carboxylic acids is 1. The predicted molar refractivity (Wildman–Crippen MR) is 125 cm³/mol. The maximum atomic E-state index is 12.5. The molecule has 0 atom stereocenters. The molecule has 2 heterocycles. The second-order valence-corrected chi connectivity index (χ2v) is 9.91. The lowest BCUT2D eigenvalue weighted by Crippen LogP contribution is -2.24. The molecule has 1 saturated heterocycles. The molecule has 0 spiro atoms. The number of likely N-dealkylation sites (N-methyl/N-ethyl adjacent to an activating group) is 1. The lowest BCUT2D eigenvalue weighted by Gasteiger charge is -2.16. The summed E-state index contributed by atoms with van der Waals surface area (Å²) in [6.07, 6.45) is 7.64. The van der Waals surface area contributed by atoms with Gasteiger partial charge in [0.2, 0.25) is 15.9 Å². The van der Waals surface area contributed by atoms with Crippen molar-refractivity contribution in [2.45, 2.75) is 19.5 Å². The third-order valence-corrected chi connectivity index (χ3v) is 7.24. The van der Waals surface area contributed by atoms with Crippen LogP contribution in [-0.2, 0) is 27.9 Å². The second-order valence-electron chi connectivity index (χ2n) is 7.89. The lowest BCUT2D eigenvalue weighted by molar-refractivity contribution is -0.125. The van der Waals surface area contributed by atoms with Crippen molar-refractivity contribution in [2.75, 3.05) is 23.7 Å². The van der Waals surface area contributed by atoms with Gasteiger partial charge in [-0.05, 0) is 35.8 Å². The molecule has 1 amide bonds. The quantitative estimate of drug-likeness (QED) is 0.518. The van der Waals surface area contributed by atoms with Gasteiger partial charge in [-0.1, -0.05) is 42.5 Å². The molecule has 7 nitrogen and oxygen atoms in total. The van der Waals surface area contributed by atoms with Crippen molar-refractivity contribution >= 4 is 27.7 Å². The van der Waals surface area contributed by atoms with Gasteiger partial charge in [0.05, 0.1) is 24.2 Å². The van der Waals surface area contributed by atoms with Crippen LogP contribution in [0.2, 0.25) is 0 Å². The van der Waals surface area contributed by atoms with E-state index in [0.29, 0.717) is 31.7 Å². The summed E-state index contributed by atoms with van der Waals surface area (Å²) in [4.78, 5) is 14.1. The van der Waals surface area contributed by atoms with E-state index < -0.39 is 10.0 Å². The number of amides is 1. The highest BCUT2D eigenvalue weighted by Gasteiger charge is 2.28. The highest BCUT2D eigenvalue weighted by molar-refractivity contribution is 7.93. The van der Waals surface area contributed by atoms with Crippen molar-refractivity contribution in [2.24, 2.45) is 0 Å². The molecule has 1 aromatic heterocycles. The van der Waals surface area contributed by atoms with Gasteiger partial charge in [-0.2, -0.15) is 5.10 Å². The fourth-order valence-electron chi connectivity index (χ4n) is 3.67. The third kappa shape index (κ3) is 5.26. The van der Waals surface area contributed by atoms with Crippen molar-refractivity contribution in [1.82, 2.24) is 14.7 Å². The standard InChI is InChI=1S/C24H26N4O3S/c1-26(17-22-16-25-27(19-22)18-21-6-3-2-4-7-21)24(29)13-10-20-8-11-23(12-9-20)28-14-5-15-32(28,30)31/h2-4,6-13,16,19H,5,14-15,17-18H2,1H3/b13-10+. The zero-order valence-corrected chi connectivity index (χ0v) is 18.8. The first-order chi connectivity index (χ1) is 15.4. The van der Waals surface area contributed by atoms with Gasteiger partial charge in [0.1, 0.15) is 0 Å². The molecule has 0 N–H and O–H groups in total. The van der Waals surface area contributed by atoms with Crippen molar-refractivity contribution in [1.29, 1.82) is 0 Å². The average Bonchev–Trinajstić information content (AvgIpc) is 3.38. The topological polar surface area (TPSA) is 75.5 Å². The first kappa shape index (κ1) is 21.8. The van der Waals surface area contributed by atoms with E-state index in [9.17, 15) is 13.2 Å². The monoisotopic (exact) mass is 450 g/mol. The van der Waals surface area contributed by atoms with Crippen molar-refractivity contribution < 1.29 is 13.2 Å². The van der Waals surface area contributed by atoms with Gasteiger partial charge in [-0.3, -0.25) is 13.8 Å². The van der Waals surface area contributed by atoms with Gasteiger partial charge in [-0.15, -0.1) is 0 Å². The molecular weight excluding hydrogens is 424 g/mol. The Morgan fingerprint density at radius 2 is 1.84 bits per heavy atom. The maximum absolute atomic E-state index is 12.5. The number of anilines is 1. The summed E-state index contributed by atoms with van der Waals surface area (Å²) in [7, 11) is -1.44. The van der Waals surface area contributed by atoms with Gasteiger partial charge < -0.3 is 4.90 Å². The van der Waals surface area contributed by atoms with Crippen LogP contribution in [0.15, 0.2) is 73.1 Å². The first-order valence-electron chi connectivity index (χ1n) is 10.5. The molecule has 2 aromatic carbocycles. The van der Waals surface area contributed by atoms with E-state index >= 15 is 0 Å². The molecular formula is C24H26N4O3S. The Kier molecular flexibility index (Phi) is 6.41. The Labute approximate surface area is 188 Å². The van der Waals surface area contributed by atoms with Crippen LogP contribution >= 0.6 is 0 Å². The number of carbonyl (C=O) groups is 1. The number of nitrogens with zero attached hydrogens (tertiary/aromatic N) is 4. The highest BCUT2D eigenvalue weighted by Crippen LogP contribution is 2.24. The number of hydrogen-bond acceptors (Lipinski definition) is 4. The molecule has 3 aromatic rings. The summed E-state index contributed by atoms with van der Waals surface area (Å²) < 4.78 is 27.4. The zero-order chi connectivity index (χ0) is 22.6. The summed E-state index contributed by atoms with van der Waals surface area (Å²) in [5.41, 5.74) is 3.63. The molecule has 1 fully saturated rings. The van der Waals surface area contributed by atoms with Crippen LogP contribution < -0.4 is 4.31 Å². The first-order valence-corrected chi connectivity index (χ1v) is 12.1.